The highest BCUT2D eigenvalue weighted by Crippen LogP contribution is 2.41. The van der Waals surface area contributed by atoms with Crippen LogP contribution in [0.3, 0.4) is 0 Å². The molecule has 2 unspecified atom stereocenters. The fourth-order valence-electron chi connectivity index (χ4n) is 3.85. The normalized spacial score (nSPS) is 23.7. The molecule has 0 spiro atoms. The summed E-state index contributed by atoms with van der Waals surface area (Å²) in [6.45, 7) is 2.30. The van der Waals surface area contributed by atoms with Crippen LogP contribution in [0.2, 0.25) is 10.0 Å². The summed E-state index contributed by atoms with van der Waals surface area (Å²) in [5, 5.41) is 9.00. The zero-order chi connectivity index (χ0) is 19.0. The van der Waals surface area contributed by atoms with Crippen molar-refractivity contribution in [3.8, 4) is 0 Å². The summed E-state index contributed by atoms with van der Waals surface area (Å²) in [6.07, 6.45) is 4.29. The number of rotatable bonds is 2. The van der Waals surface area contributed by atoms with Crippen molar-refractivity contribution in [3.05, 3.63) is 86.5 Å². The van der Waals surface area contributed by atoms with Gasteiger partial charge in [0.05, 0.1) is 6.04 Å². The maximum Gasteiger partial charge on any atom is 0.171 e. The van der Waals surface area contributed by atoms with Gasteiger partial charge in [-0.25, -0.2) is 0 Å². The summed E-state index contributed by atoms with van der Waals surface area (Å²) >= 11 is 17.6. The van der Waals surface area contributed by atoms with Gasteiger partial charge in [-0.05, 0) is 83.6 Å². The van der Waals surface area contributed by atoms with Gasteiger partial charge >= 0.3 is 0 Å². The highest BCUT2D eigenvalue weighted by molar-refractivity contribution is 7.80. The predicted octanol–water partition coefficient (Wildman–Crippen LogP) is 6.28. The summed E-state index contributed by atoms with van der Waals surface area (Å²) in [7, 11) is 0. The number of nitrogens with one attached hydrogen (secondary N) is 2. The highest BCUT2D eigenvalue weighted by Gasteiger charge is 2.32. The number of allylic oxidation sites excluding steroid dienone is 1. The third kappa shape index (κ3) is 4.06. The fraction of sp³-hybridized carbons (Fsp3) is 0.227. The van der Waals surface area contributed by atoms with Gasteiger partial charge in [0.15, 0.2) is 5.11 Å². The number of hydrogen-bond donors (Lipinski definition) is 2. The lowest BCUT2D eigenvalue weighted by molar-refractivity contribution is 0.500. The van der Waals surface area contributed by atoms with E-state index < -0.39 is 0 Å². The van der Waals surface area contributed by atoms with Crippen LogP contribution in [0.15, 0.2) is 65.4 Å². The zero-order valence-corrected chi connectivity index (χ0v) is 17.3. The Kier molecular flexibility index (Phi) is 5.27. The first kappa shape index (κ1) is 18.5. The van der Waals surface area contributed by atoms with Crippen molar-refractivity contribution in [1.82, 2.24) is 10.6 Å². The molecule has 1 aliphatic carbocycles. The summed E-state index contributed by atoms with van der Waals surface area (Å²) in [4.78, 5) is 0. The minimum atomic E-state index is 0.0717. The van der Waals surface area contributed by atoms with Gasteiger partial charge in [0.25, 0.3) is 0 Å². The molecule has 2 atom stereocenters. The molecule has 0 aromatic heterocycles. The van der Waals surface area contributed by atoms with Crippen molar-refractivity contribution in [2.24, 2.45) is 5.92 Å². The van der Waals surface area contributed by atoms with E-state index in [2.05, 4.69) is 35.8 Å². The fourth-order valence-corrected chi connectivity index (χ4v) is 4.33. The number of thiocarbonyl (C=S) groups is 1. The molecule has 2 N–H and O–H groups in total. The van der Waals surface area contributed by atoms with Crippen LogP contribution in [0.25, 0.3) is 6.08 Å². The Balaban J connectivity index is 1.78. The average molecular weight is 415 g/mol. The van der Waals surface area contributed by atoms with Gasteiger partial charge < -0.3 is 10.6 Å². The van der Waals surface area contributed by atoms with Crippen molar-refractivity contribution in [2.75, 3.05) is 0 Å². The summed E-state index contributed by atoms with van der Waals surface area (Å²) < 4.78 is 0. The number of hydrogen-bond acceptors (Lipinski definition) is 1. The monoisotopic (exact) mass is 414 g/mol. The van der Waals surface area contributed by atoms with Crippen molar-refractivity contribution >= 4 is 46.6 Å². The molecule has 2 aromatic carbocycles. The van der Waals surface area contributed by atoms with E-state index in [9.17, 15) is 0 Å². The molecule has 1 heterocycles. The molecule has 0 saturated heterocycles. The lowest BCUT2D eigenvalue weighted by Crippen LogP contribution is -2.45. The molecule has 0 radical (unpaired) electrons. The van der Waals surface area contributed by atoms with Crippen LogP contribution in [-0.2, 0) is 0 Å². The second-order valence-corrected chi connectivity index (χ2v) is 8.50. The first-order valence-electron chi connectivity index (χ1n) is 9.02. The Labute approximate surface area is 175 Å². The molecule has 4 rings (SSSR count). The number of benzene rings is 2. The van der Waals surface area contributed by atoms with E-state index in [-0.39, 0.29) is 6.04 Å². The van der Waals surface area contributed by atoms with Crippen molar-refractivity contribution < 1.29 is 0 Å². The van der Waals surface area contributed by atoms with E-state index in [1.807, 2.05) is 36.4 Å². The highest BCUT2D eigenvalue weighted by atomic mass is 35.5. The molecular formula is C22H20Cl2N2S. The second kappa shape index (κ2) is 7.67. The Morgan fingerprint density at radius 2 is 1.59 bits per heavy atom. The van der Waals surface area contributed by atoms with Crippen molar-refractivity contribution in [2.45, 2.75) is 25.8 Å². The number of halogens is 2. The Hall–Kier alpha value is -1.81. The maximum atomic E-state index is 6.08. The van der Waals surface area contributed by atoms with Gasteiger partial charge in [0, 0.05) is 15.7 Å². The Morgan fingerprint density at radius 1 is 0.963 bits per heavy atom. The third-order valence-electron chi connectivity index (χ3n) is 5.06. The van der Waals surface area contributed by atoms with Crippen LogP contribution in [0.4, 0.5) is 0 Å². The van der Waals surface area contributed by atoms with Gasteiger partial charge in [0.1, 0.15) is 0 Å². The van der Waals surface area contributed by atoms with E-state index in [4.69, 9.17) is 35.4 Å². The largest absolute Gasteiger partial charge is 0.352 e. The molecule has 27 heavy (non-hydrogen) atoms. The van der Waals surface area contributed by atoms with Crippen molar-refractivity contribution in [1.29, 1.82) is 0 Å². The molecule has 0 bridgehead atoms. The molecule has 5 heteroatoms. The zero-order valence-electron chi connectivity index (χ0n) is 14.9. The lowest BCUT2D eigenvalue weighted by atomic mass is 9.78. The first-order chi connectivity index (χ1) is 13.0. The van der Waals surface area contributed by atoms with Gasteiger partial charge in [-0.1, -0.05) is 54.4 Å². The molecule has 2 aromatic rings. The molecule has 0 saturated carbocycles. The average Bonchev–Trinajstić information content (AvgIpc) is 2.64. The Bertz CT molecular complexity index is 930. The lowest BCUT2D eigenvalue weighted by Gasteiger charge is -2.38. The molecular weight excluding hydrogens is 395 g/mol. The summed E-state index contributed by atoms with van der Waals surface area (Å²) in [5.74, 6) is 0.562. The van der Waals surface area contributed by atoms with Crippen LogP contribution in [-0.4, -0.2) is 5.11 Å². The molecule has 0 fully saturated rings. The van der Waals surface area contributed by atoms with E-state index in [1.165, 1.54) is 16.7 Å². The van der Waals surface area contributed by atoms with Gasteiger partial charge in [-0.3, -0.25) is 0 Å². The predicted molar refractivity (Wildman–Crippen MR) is 118 cm³/mol. The molecule has 2 nitrogen and oxygen atoms in total. The second-order valence-electron chi connectivity index (χ2n) is 7.22. The van der Waals surface area contributed by atoms with Crippen LogP contribution in [0, 0.1) is 5.92 Å². The molecule has 2 aliphatic rings. The molecule has 1 aliphatic heterocycles. The topological polar surface area (TPSA) is 24.1 Å². The van der Waals surface area contributed by atoms with E-state index in [1.54, 1.807) is 0 Å². The van der Waals surface area contributed by atoms with Gasteiger partial charge in [-0.2, -0.15) is 0 Å². The summed E-state index contributed by atoms with van der Waals surface area (Å²) in [5.41, 5.74) is 6.12. The third-order valence-corrected chi connectivity index (χ3v) is 5.78. The SMILES string of the molecule is CC1CC2=C(NC(=S)NC2c2ccc(Cl)cc2)/C(=C/c2ccc(Cl)cc2)C1. The Morgan fingerprint density at radius 3 is 2.26 bits per heavy atom. The smallest absolute Gasteiger partial charge is 0.171 e. The quantitative estimate of drug-likeness (QED) is 0.565. The minimum absolute atomic E-state index is 0.0717. The maximum absolute atomic E-state index is 6.08. The van der Waals surface area contributed by atoms with E-state index in [0.29, 0.717) is 11.0 Å². The van der Waals surface area contributed by atoms with Gasteiger partial charge in [-0.15, -0.1) is 0 Å². The van der Waals surface area contributed by atoms with Crippen LogP contribution in [0.1, 0.15) is 36.9 Å². The van der Waals surface area contributed by atoms with Crippen LogP contribution in [0.5, 0.6) is 0 Å². The van der Waals surface area contributed by atoms with Crippen molar-refractivity contribution in [3.63, 3.8) is 0 Å². The van der Waals surface area contributed by atoms with E-state index >= 15 is 0 Å². The van der Waals surface area contributed by atoms with Crippen LogP contribution >= 0.6 is 35.4 Å². The van der Waals surface area contributed by atoms with Crippen LogP contribution < -0.4 is 10.6 Å². The van der Waals surface area contributed by atoms with E-state index in [0.717, 1.165) is 34.1 Å². The minimum Gasteiger partial charge on any atom is -0.352 e. The van der Waals surface area contributed by atoms with Gasteiger partial charge in [0.2, 0.25) is 0 Å². The standard InChI is InChI=1S/C22H20Cl2N2S/c1-13-10-16(12-14-2-6-17(23)7-3-14)21-19(11-13)20(25-22(27)26-21)15-4-8-18(24)9-5-15/h2-9,12-13,20H,10-11H2,1H3,(H2,25,26,27)/b16-12+. The molecule has 0 amide bonds. The first-order valence-corrected chi connectivity index (χ1v) is 10.2. The summed E-state index contributed by atoms with van der Waals surface area (Å²) in [6, 6.07) is 16.0. The molecule has 138 valence electrons.